The summed E-state index contributed by atoms with van der Waals surface area (Å²) >= 11 is 0. The molecule has 0 aliphatic rings. The molecule has 0 bridgehead atoms. The Morgan fingerprint density at radius 2 is 2.11 bits per heavy atom. The van der Waals surface area contributed by atoms with Gasteiger partial charge in [0.05, 0.1) is 6.61 Å². The molecule has 0 amide bonds. The van der Waals surface area contributed by atoms with Crippen molar-refractivity contribution in [3.63, 3.8) is 0 Å². The molecule has 0 saturated heterocycles. The predicted octanol–water partition coefficient (Wildman–Crippen LogP) is 1.73. The van der Waals surface area contributed by atoms with Gasteiger partial charge >= 0.3 is 11.6 Å². The number of rotatable bonds is 4. The summed E-state index contributed by atoms with van der Waals surface area (Å²) in [4.78, 5) is 22.1. The maximum atomic E-state index is 11.1. The Balaban J connectivity index is 2.13. The molecule has 18 heavy (non-hydrogen) atoms. The van der Waals surface area contributed by atoms with Crippen LogP contribution in [0.25, 0.3) is 11.0 Å². The van der Waals surface area contributed by atoms with Gasteiger partial charge in [-0.1, -0.05) is 0 Å². The molecule has 0 radical (unpaired) electrons. The molecule has 0 saturated carbocycles. The van der Waals surface area contributed by atoms with Crippen LogP contribution in [0.5, 0.6) is 5.75 Å². The number of ether oxygens (including phenoxy) is 2. The highest BCUT2D eigenvalue weighted by Crippen LogP contribution is 2.19. The van der Waals surface area contributed by atoms with Crippen LogP contribution in [-0.2, 0) is 9.53 Å². The van der Waals surface area contributed by atoms with E-state index in [9.17, 15) is 9.59 Å². The SMILES string of the molecule is CCOC(=O)COc1ccc2oc(=O)ccc2c1. The standard InChI is InChI=1S/C13H12O5/c1-2-16-13(15)8-17-10-4-5-11-9(7-10)3-6-12(14)18-11/h3-7H,2,8H2,1H3. The summed E-state index contributed by atoms with van der Waals surface area (Å²) in [6, 6.07) is 7.91. The number of fused-ring (bicyclic) bond motifs is 1. The molecule has 0 atom stereocenters. The van der Waals surface area contributed by atoms with Gasteiger partial charge < -0.3 is 13.9 Å². The van der Waals surface area contributed by atoms with Crippen molar-refractivity contribution in [1.82, 2.24) is 0 Å². The number of esters is 1. The van der Waals surface area contributed by atoms with E-state index in [0.29, 0.717) is 17.9 Å². The summed E-state index contributed by atoms with van der Waals surface area (Å²) in [7, 11) is 0. The van der Waals surface area contributed by atoms with Gasteiger partial charge in [-0.05, 0) is 31.2 Å². The predicted molar refractivity (Wildman–Crippen MR) is 64.6 cm³/mol. The lowest BCUT2D eigenvalue weighted by atomic mass is 10.2. The first kappa shape index (κ1) is 12.2. The minimum absolute atomic E-state index is 0.143. The average molecular weight is 248 g/mol. The molecular formula is C13H12O5. The zero-order valence-corrected chi connectivity index (χ0v) is 9.84. The number of carbonyl (C=O) groups is 1. The summed E-state index contributed by atoms with van der Waals surface area (Å²) in [5.41, 5.74) is 0.0775. The van der Waals surface area contributed by atoms with E-state index in [2.05, 4.69) is 0 Å². The fraction of sp³-hybridized carbons (Fsp3) is 0.231. The third kappa shape index (κ3) is 2.88. The zero-order valence-electron chi connectivity index (χ0n) is 9.84. The average Bonchev–Trinajstić information content (AvgIpc) is 2.36. The van der Waals surface area contributed by atoms with Crippen LogP contribution in [0, 0.1) is 0 Å². The van der Waals surface area contributed by atoms with Crippen LogP contribution in [0.1, 0.15) is 6.92 Å². The zero-order chi connectivity index (χ0) is 13.0. The molecule has 2 rings (SSSR count). The van der Waals surface area contributed by atoms with Crippen LogP contribution in [-0.4, -0.2) is 19.2 Å². The van der Waals surface area contributed by atoms with E-state index < -0.39 is 11.6 Å². The molecule has 0 fully saturated rings. The third-order valence-electron chi connectivity index (χ3n) is 2.25. The summed E-state index contributed by atoms with van der Waals surface area (Å²) < 4.78 is 15.0. The van der Waals surface area contributed by atoms with Crippen molar-refractivity contribution in [3.05, 3.63) is 40.8 Å². The maximum absolute atomic E-state index is 11.1. The van der Waals surface area contributed by atoms with E-state index in [4.69, 9.17) is 13.9 Å². The Hall–Kier alpha value is -2.30. The van der Waals surface area contributed by atoms with Gasteiger partial charge in [0.25, 0.3) is 0 Å². The Kier molecular flexibility index (Phi) is 3.62. The second-order valence-corrected chi connectivity index (χ2v) is 3.55. The molecule has 5 heteroatoms. The van der Waals surface area contributed by atoms with E-state index in [1.54, 1.807) is 31.2 Å². The van der Waals surface area contributed by atoms with E-state index in [1.165, 1.54) is 6.07 Å². The molecule has 0 unspecified atom stereocenters. The van der Waals surface area contributed by atoms with Gasteiger partial charge in [0, 0.05) is 11.5 Å². The quantitative estimate of drug-likeness (QED) is 0.609. The van der Waals surface area contributed by atoms with Gasteiger partial charge in [0.1, 0.15) is 11.3 Å². The molecule has 1 aromatic carbocycles. The molecule has 1 aromatic heterocycles. The summed E-state index contributed by atoms with van der Waals surface area (Å²) in [5, 5.41) is 0.732. The van der Waals surface area contributed by atoms with E-state index in [-0.39, 0.29) is 6.61 Å². The third-order valence-corrected chi connectivity index (χ3v) is 2.25. The molecule has 0 aliphatic heterocycles. The van der Waals surface area contributed by atoms with Crippen molar-refractivity contribution in [2.45, 2.75) is 6.92 Å². The van der Waals surface area contributed by atoms with Crippen LogP contribution in [0.4, 0.5) is 0 Å². The van der Waals surface area contributed by atoms with Crippen molar-refractivity contribution >= 4 is 16.9 Å². The minimum Gasteiger partial charge on any atom is -0.482 e. The topological polar surface area (TPSA) is 65.7 Å². The van der Waals surface area contributed by atoms with Gasteiger partial charge in [-0.15, -0.1) is 0 Å². The van der Waals surface area contributed by atoms with Crippen molar-refractivity contribution in [2.24, 2.45) is 0 Å². The van der Waals surface area contributed by atoms with E-state index in [0.717, 1.165) is 5.39 Å². The van der Waals surface area contributed by atoms with Crippen LogP contribution in [0.2, 0.25) is 0 Å². The van der Waals surface area contributed by atoms with Crippen LogP contribution in [0.3, 0.4) is 0 Å². The second kappa shape index (κ2) is 5.35. The molecule has 5 nitrogen and oxygen atoms in total. The van der Waals surface area contributed by atoms with Crippen molar-refractivity contribution < 1.29 is 18.7 Å². The lowest BCUT2D eigenvalue weighted by molar-refractivity contribution is -0.145. The van der Waals surface area contributed by atoms with Crippen LogP contribution >= 0.6 is 0 Å². The molecule has 0 aliphatic carbocycles. The Bertz CT molecular complexity index is 614. The van der Waals surface area contributed by atoms with Crippen molar-refractivity contribution in [2.75, 3.05) is 13.2 Å². The van der Waals surface area contributed by atoms with Gasteiger partial charge in [-0.25, -0.2) is 9.59 Å². The number of hydrogen-bond acceptors (Lipinski definition) is 5. The lowest BCUT2D eigenvalue weighted by Gasteiger charge is -2.06. The fourth-order valence-corrected chi connectivity index (χ4v) is 1.48. The number of carbonyl (C=O) groups excluding carboxylic acids is 1. The van der Waals surface area contributed by atoms with Crippen LogP contribution in [0.15, 0.2) is 39.5 Å². The first-order valence-corrected chi connectivity index (χ1v) is 5.51. The van der Waals surface area contributed by atoms with Crippen LogP contribution < -0.4 is 10.4 Å². The van der Waals surface area contributed by atoms with Crippen molar-refractivity contribution in [3.8, 4) is 5.75 Å². The first-order chi connectivity index (χ1) is 8.69. The molecule has 0 N–H and O–H groups in total. The minimum atomic E-state index is -0.419. The maximum Gasteiger partial charge on any atom is 0.344 e. The Labute approximate surface area is 103 Å². The molecule has 0 spiro atoms. The number of benzene rings is 1. The smallest absolute Gasteiger partial charge is 0.344 e. The van der Waals surface area contributed by atoms with Gasteiger partial charge in [-0.3, -0.25) is 0 Å². The highest BCUT2D eigenvalue weighted by atomic mass is 16.6. The number of hydrogen-bond donors (Lipinski definition) is 0. The summed E-state index contributed by atoms with van der Waals surface area (Å²) in [6.45, 7) is 1.91. The van der Waals surface area contributed by atoms with E-state index in [1.807, 2.05) is 0 Å². The molecule has 1 heterocycles. The monoisotopic (exact) mass is 248 g/mol. The molecule has 94 valence electrons. The normalized spacial score (nSPS) is 10.3. The summed E-state index contributed by atoms with van der Waals surface area (Å²) in [5.74, 6) is 0.0987. The summed E-state index contributed by atoms with van der Waals surface area (Å²) in [6.07, 6.45) is 0. The first-order valence-electron chi connectivity index (χ1n) is 5.51. The second-order valence-electron chi connectivity index (χ2n) is 3.55. The molecular weight excluding hydrogens is 236 g/mol. The van der Waals surface area contributed by atoms with Crippen molar-refractivity contribution in [1.29, 1.82) is 0 Å². The van der Waals surface area contributed by atoms with Gasteiger partial charge in [0.2, 0.25) is 0 Å². The Morgan fingerprint density at radius 3 is 2.89 bits per heavy atom. The highest BCUT2D eigenvalue weighted by Gasteiger charge is 2.04. The Morgan fingerprint density at radius 1 is 1.28 bits per heavy atom. The fourth-order valence-electron chi connectivity index (χ4n) is 1.48. The molecule has 2 aromatic rings. The largest absolute Gasteiger partial charge is 0.482 e. The highest BCUT2D eigenvalue weighted by molar-refractivity contribution is 5.78. The van der Waals surface area contributed by atoms with Gasteiger partial charge in [-0.2, -0.15) is 0 Å². The van der Waals surface area contributed by atoms with Gasteiger partial charge in [0.15, 0.2) is 6.61 Å². The lowest BCUT2D eigenvalue weighted by Crippen LogP contribution is -2.14. The van der Waals surface area contributed by atoms with E-state index >= 15 is 0 Å².